The van der Waals surface area contributed by atoms with Crippen LogP contribution >= 0.6 is 0 Å². The Morgan fingerprint density at radius 2 is 1.80 bits per heavy atom. The zero-order valence-electron chi connectivity index (χ0n) is 18.6. The van der Waals surface area contributed by atoms with Crippen LogP contribution < -0.4 is 34.6 Å². The predicted octanol–water partition coefficient (Wildman–Crippen LogP) is -0.965. The Morgan fingerprint density at radius 3 is 2.37 bits per heavy atom. The summed E-state index contributed by atoms with van der Waals surface area (Å²) in [5.41, 5.74) is 1.89. The Balaban J connectivity index is 0.00000320. The van der Waals surface area contributed by atoms with Gasteiger partial charge >= 0.3 is 0 Å². The minimum atomic E-state index is -0.649. The summed E-state index contributed by atoms with van der Waals surface area (Å²) in [4.78, 5) is 30.4. The van der Waals surface area contributed by atoms with E-state index in [1.54, 1.807) is 7.05 Å². The Bertz CT molecular complexity index is 916. The van der Waals surface area contributed by atoms with Gasteiger partial charge in [0.2, 0.25) is 5.91 Å². The number of hydrogen-bond donors (Lipinski definition) is 2. The van der Waals surface area contributed by atoms with Gasteiger partial charge in [-0.1, -0.05) is 51.1 Å². The first-order chi connectivity index (χ1) is 13.5. The molecular formula is C22H32IN5O2. The highest BCUT2D eigenvalue weighted by Gasteiger charge is 2.36. The number of likely N-dealkylation sites (N-methyl/N-ethyl adjacent to an activating group) is 2. The summed E-state index contributed by atoms with van der Waals surface area (Å²) >= 11 is 0. The van der Waals surface area contributed by atoms with Gasteiger partial charge in [-0.25, -0.2) is 4.98 Å². The van der Waals surface area contributed by atoms with E-state index in [0.29, 0.717) is 12.2 Å². The molecule has 2 amide bonds. The van der Waals surface area contributed by atoms with Crippen molar-refractivity contribution in [1.29, 1.82) is 0 Å². The van der Waals surface area contributed by atoms with Gasteiger partial charge in [-0.15, -0.1) is 0 Å². The Morgan fingerprint density at radius 1 is 1.17 bits per heavy atom. The summed E-state index contributed by atoms with van der Waals surface area (Å²) in [6, 6.07) is 9.28. The van der Waals surface area contributed by atoms with Crippen LogP contribution in [0.15, 0.2) is 30.3 Å². The molecule has 0 saturated carbocycles. The van der Waals surface area contributed by atoms with E-state index in [1.807, 2.05) is 51.1 Å². The van der Waals surface area contributed by atoms with Gasteiger partial charge in [0.1, 0.15) is 24.1 Å². The van der Waals surface area contributed by atoms with E-state index in [0.717, 1.165) is 34.7 Å². The van der Waals surface area contributed by atoms with Crippen molar-refractivity contribution in [1.82, 2.24) is 20.2 Å². The van der Waals surface area contributed by atoms with Crippen molar-refractivity contribution in [2.24, 2.45) is 5.41 Å². The van der Waals surface area contributed by atoms with Crippen molar-refractivity contribution in [2.45, 2.75) is 39.9 Å². The SMILES string of the molecule is CNC(=O)[C@@H](NC(=O)c1nc(-c2ccccc2)n2c1C[N+](C)(C)CC2)C(C)(C)C.[I-]. The van der Waals surface area contributed by atoms with Crippen LogP contribution in [0.4, 0.5) is 0 Å². The first kappa shape index (κ1) is 24.3. The molecule has 164 valence electrons. The maximum absolute atomic E-state index is 13.3. The predicted molar refractivity (Wildman–Crippen MR) is 113 cm³/mol. The third-order valence-corrected chi connectivity index (χ3v) is 5.48. The first-order valence-corrected chi connectivity index (χ1v) is 10.0. The van der Waals surface area contributed by atoms with E-state index in [4.69, 9.17) is 4.98 Å². The van der Waals surface area contributed by atoms with Crippen LogP contribution in [0, 0.1) is 5.41 Å². The molecule has 3 rings (SSSR count). The maximum atomic E-state index is 13.3. The van der Waals surface area contributed by atoms with Crippen LogP contribution in [0.5, 0.6) is 0 Å². The van der Waals surface area contributed by atoms with Crippen LogP contribution in [0.25, 0.3) is 11.4 Å². The van der Waals surface area contributed by atoms with E-state index in [-0.39, 0.29) is 35.8 Å². The average molecular weight is 525 g/mol. The number of carbonyl (C=O) groups is 2. The van der Waals surface area contributed by atoms with Crippen LogP contribution in [0.2, 0.25) is 0 Å². The minimum Gasteiger partial charge on any atom is -1.00 e. The van der Waals surface area contributed by atoms with E-state index in [9.17, 15) is 9.59 Å². The fourth-order valence-electron chi connectivity index (χ4n) is 3.75. The quantitative estimate of drug-likeness (QED) is 0.399. The molecule has 1 aromatic heterocycles. The van der Waals surface area contributed by atoms with Crippen molar-refractivity contribution in [3.05, 3.63) is 41.7 Å². The molecule has 8 heteroatoms. The van der Waals surface area contributed by atoms with Crippen molar-refractivity contribution in [3.8, 4) is 11.4 Å². The zero-order valence-corrected chi connectivity index (χ0v) is 20.8. The monoisotopic (exact) mass is 525 g/mol. The molecule has 0 unspecified atom stereocenters. The normalized spacial score (nSPS) is 16.1. The summed E-state index contributed by atoms with van der Waals surface area (Å²) < 4.78 is 2.94. The van der Waals surface area contributed by atoms with Gasteiger partial charge in [0.15, 0.2) is 5.69 Å². The summed E-state index contributed by atoms with van der Waals surface area (Å²) in [7, 11) is 5.89. The molecular weight excluding hydrogens is 493 g/mol. The lowest BCUT2D eigenvalue weighted by Crippen LogP contribution is -3.00. The number of amides is 2. The van der Waals surface area contributed by atoms with Crippen LogP contribution in [0.1, 0.15) is 37.0 Å². The van der Waals surface area contributed by atoms with Crippen LogP contribution in [-0.2, 0) is 17.9 Å². The van der Waals surface area contributed by atoms with Crippen LogP contribution in [-0.4, -0.2) is 59.6 Å². The fraction of sp³-hybridized carbons (Fsp3) is 0.500. The lowest BCUT2D eigenvalue weighted by atomic mass is 9.86. The molecule has 1 aromatic carbocycles. The van der Waals surface area contributed by atoms with Gasteiger partial charge in [0, 0.05) is 12.6 Å². The van der Waals surface area contributed by atoms with E-state index in [2.05, 4.69) is 29.3 Å². The summed E-state index contributed by atoms with van der Waals surface area (Å²) in [5.74, 6) is 0.289. The number of carbonyl (C=O) groups excluding carboxylic acids is 2. The largest absolute Gasteiger partial charge is 1.00 e. The average Bonchev–Trinajstić information content (AvgIpc) is 3.02. The van der Waals surface area contributed by atoms with E-state index >= 15 is 0 Å². The number of halogens is 1. The number of hydrogen-bond acceptors (Lipinski definition) is 3. The number of benzene rings is 1. The molecule has 2 aromatic rings. The second-order valence-corrected chi connectivity index (χ2v) is 9.45. The number of imidazole rings is 1. The van der Waals surface area contributed by atoms with Gasteiger partial charge in [0.05, 0.1) is 27.2 Å². The second-order valence-electron chi connectivity index (χ2n) is 9.45. The molecule has 1 aliphatic rings. The molecule has 0 radical (unpaired) electrons. The maximum Gasteiger partial charge on any atom is 0.272 e. The third-order valence-electron chi connectivity index (χ3n) is 5.48. The van der Waals surface area contributed by atoms with E-state index < -0.39 is 11.5 Å². The number of quaternary nitrogens is 1. The van der Waals surface area contributed by atoms with Crippen molar-refractivity contribution < 1.29 is 38.0 Å². The molecule has 30 heavy (non-hydrogen) atoms. The minimum absolute atomic E-state index is 0. The smallest absolute Gasteiger partial charge is 0.272 e. The topological polar surface area (TPSA) is 76.0 Å². The third kappa shape index (κ3) is 5.03. The Labute approximate surface area is 195 Å². The molecule has 2 heterocycles. The van der Waals surface area contributed by atoms with Gasteiger partial charge in [-0.2, -0.15) is 0 Å². The summed E-state index contributed by atoms with van der Waals surface area (Å²) in [5, 5.41) is 5.59. The highest BCUT2D eigenvalue weighted by atomic mass is 127. The molecule has 1 aliphatic heterocycles. The number of aromatic nitrogens is 2. The molecule has 0 saturated heterocycles. The van der Waals surface area contributed by atoms with Gasteiger partial charge < -0.3 is 43.7 Å². The lowest BCUT2D eigenvalue weighted by Gasteiger charge is -2.35. The van der Waals surface area contributed by atoms with Crippen molar-refractivity contribution in [3.63, 3.8) is 0 Å². The highest BCUT2D eigenvalue weighted by Crippen LogP contribution is 2.28. The molecule has 0 spiro atoms. The molecule has 0 fully saturated rings. The van der Waals surface area contributed by atoms with Crippen LogP contribution in [0.3, 0.4) is 0 Å². The molecule has 2 N–H and O–H groups in total. The molecule has 0 aliphatic carbocycles. The zero-order chi connectivity index (χ0) is 21.4. The Kier molecular flexibility index (Phi) is 7.34. The fourth-order valence-corrected chi connectivity index (χ4v) is 3.75. The van der Waals surface area contributed by atoms with Gasteiger partial charge in [-0.3, -0.25) is 9.59 Å². The van der Waals surface area contributed by atoms with E-state index in [1.165, 1.54) is 0 Å². The summed E-state index contributed by atoms with van der Waals surface area (Å²) in [6.45, 7) is 8.28. The highest BCUT2D eigenvalue weighted by molar-refractivity contribution is 5.97. The van der Waals surface area contributed by atoms with Crippen molar-refractivity contribution in [2.75, 3.05) is 27.7 Å². The molecule has 0 bridgehead atoms. The molecule has 1 atom stereocenters. The van der Waals surface area contributed by atoms with Crippen molar-refractivity contribution >= 4 is 11.8 Å². The standard InChI is InChI=1S/C22H31N5O2.HI/c1-22(2,3)18(21(29)23-4)25-20(28)17-16-14-27(5,6)13-12-26(16)19(24-17)15-10-8-7-9-11-15;/h7-11,18H,12-14H2,1-6H3,(H-,23,25,28,29);1H/t18-;/m1./s1. The number of nitrogens with one attached hydrogen (secondary N) is 2. The lowest BCUT2D eigenvalue weighted by molar-refractivity contribution is -0.907. The number of fused-ring (bicyclic) bond motifs is 1. The number of rotatable bonds is 4. The van der Waals surface area contributed by atoms with Gasteiger partial charge in [-0.05, 0) is 5.41 Å². The second kappa shape index (κ2) is 9.05. The molecule has 7 nitrogen and oxygen atoms in total. The Hall–Kier alpha value is -1.94. The number of nitrogens with zero attached hydrogens (tertiary/aromatic N) is 3. The van der Waals surface area contributed by atoms with Gasteiger partial charge in [0.25, 0.3) is 5.91 Å². The first-order valence-electron chi connectivity index (χ1n) is 10.0. The summed E-state index contributed by atoms with van der Waals surface area (Å²) in [6.07, 6.45) is 0.